The van der Waals surface area contributed by atoms with E-state index in [-0.39, 0.29) is 0 Å². The number of nitrogens with two attached hydrogens (primary N) is 1. The SMILES string of the molecule is NCCCc1nccc(-c2cc(Br)cs2)n1. The Morgan fingerprint density at radius 3 is 3.00 bits per heavy atom. The van der Waals surface area contributed by atoms with Crippen molar-refractivity contribution in [1.29, 1.82) is 0 Å². The highest BCUT2D eigenvalue weighted by atomic mass is 79.9. The van der Waals surface area contributed by atoms with Gasteiger partial charge in [0.1, 0.15) is 5.82 Å². The first kappa shape index (κ1) is 11.7. The summed E-state index contributed by atoms with van der Waals surface area (Å²) < 4.78 is 1.09. The van der Waals surface area contributed by atoms with Gasteiger partial charge in [-0.3, -0.25) is 0 Å². The summed E-state index contributed by atoms with van der Waals surface area (Å²) in [6.45, 7) is 0.679. The molecule has 0 aliphatic carbocycles. The second-order valence-electron chi connectivity index (χ2n) is 3.38. The summed E-state index contributed by atoms with van der Waals surface area (Å²) in [5, 5.41) is 2.05. The number of halogens is 1. The molecule has 0 atom stereocenters. The van der Waals surface area contributed by atoms with Crippen molar-refractivity contribution < 1.29 is 0 Å². The summed E-state index contributed by atoms with van der Waals surface area (Å²) in [6, 6.07) is 4.00. The van der Waals surface area contributed by atoms with Gasteiger partial charge in [0.15, 0.2) is 0 Å². The Labute approximate surface area is 107 Å². The summed E-state index contributed by atoms with van der Waals surface area (Å²) in [6.07, 6.45) is 3.58. The molecule has 0 unspecified atom stereocenters. The van der Waals surface area contributed by atoms with E-state index in [0.717, 1.165) is 33.7 Å². The lowest BCUT2D eigenvalue weighted by Gasteiger charge is -2.00. The van der Waals surface area contributed by atoms with Crippen LogP contribution >= 0.6 is 27.3 Å². The highest BCUT2D eigenvalue weighted by Gasteiger charge is 2.04. The van der Waals surface area contributed by atoms with Crippen LogP contribution in [0.15, 0.2) is 28.2 Å². The Kier molecular flexibility index (Phi) is 4.04. The van der Waals surface area contributed by atoms with Gasteiger partial charge in [0.25, 0.3) is 0 Å². The topological polar surface area (TPSA) is 51.8 Å². The summed E-state index contributed by atoms with van der Waals surface area (Å²) in [5.41, 5.74) is 6.45. The molecule has 0 spiro atoms. The van der Waals surface area contributed by atoms with Gasteiger partial charge in [-0.1, -0.05) is 0 Å². The summed E-state index contributed by atoms with van der Waals surface area (Å²) >= 11 is 5.11. The number of rotatable bonds is 4. The average molecular weight is 298 g/mol. The zero-order valence-corrected chi connectivity index (χ0v) is 11.1. The van der Waals surface area contributed by atoms with Crippen LogP contribution in [0.2, 0.25) is 0 Å². The average Bonchev–Trinajstić information content (AvgIpc) is 2.74. The number of aromatic nitrogens is 2. The Morgan fingerprint density at radius 2 is 2.31 bits per heavy atom. The minimum Gasteiger partial charge on any atom is -0.330 e. The largest absolute Gasteiger partial charge is 0.330 e. The lowest BCUT2D eigenvalue weighted by atomic mass is 10.2. The molecule has 0 saturated heterocycles. The quantitative estimate of drug-likeness (QED) is 0.944. The molecule has 2 aromatic rings. The lowest BCUT2D eigenvalue weighted by Crippen LogP contribution is -2.03. The van der Waals surface area contributed by atoms with Crippen molar-refractivity contribution in [2.75, 3.05) is 6.54 Å². The second-order valence-corrected chi connectivity index (χ2v) is 5.21. The molecule has 0 saturated carbocycles. The van der Waals surface area contributed by atoms with Gasteiger partial charge in [-0.2, -0.15) is 0 Å². The fourth-order valence-corrected chi connectivity index (χ4v) is 2.76. The Balaban J connectivity index is 2.22. The Bertz CT molecular complexity index is 470. The van der Waals surface area contributed by atoms with Crippen LogP contribution < -0.4 is 5.73 Å². The van der Waals surface area contributed by atoms with Crippen LogP contribution in [0.4, 0.5) is 0 Å². The maximum absolute atomic E-state index is 5.47. The van der Waals surface area contributed by atoms with Crippen molar-refractivity contribution in [3.8, 4) is 10.6 Å². The minimum absolute atomic E-state index is 0.679. The van der Waals surface area contributed by atoms with Crippen molar-refractivity contribution in [2.24, 2.45) is 5.73 Å². The number of thiophene rings is 1. The molecule has 3 nitrogen and oxygen atoms in total. The molecule has 84 valence electrons. The summed E-state index contributed by atoms with van der Waals surface area (Å²) in [4.78, 5) is 9.91. The standard InChI is InChI=1S/C11H12BrN3S/c12-8-6-10(16-7-8)9-3-5-14-11(15-9)2-1-4-13/h3,5-7H,1-2,4,13H2. The fourth-order valence-electron chi connectivity index (χ4n) is 1.36. The number of hydrogen-bond donors (Lipinski definition) is 1. The van der Waals surface area contributed by atoms with Crippen LogP contribution in [0.1, 0.15) is 12.2 Å². The maximum Gasteiger partial charge on any atom is 0.129 e. The van der Waals surface area contributed by atoms with Gasteiger partial charge in [0, 0.05) is 22.5 Å². The predicted octanol–water partition coefficient (Wildman–Crippen LogP) is 2.86. The first-order chi connectivity index (χ1) is 7.79. The molecule has 0 aromatic carbocycles. The molecule has 2 rings (SSSR count). The number of hydrogen-bond acceptors (Lipinski definition) is 4. The summed E-state index contributed by atoms with van der Waals surface area (Å²) in [5.74, 6) is 0.868. The molecule has 2 aromatic heterocycles. The molecule has 0 aliphatic heterocycles. The lowest BCUT2D eigenvalue weighted by molar-refractivity contribution is 0.782. The van der Waals surface area contributed by atoms with Crippen LogP contribution in [0.5, 0.6) is 0 Å². The van der Waals surface area contributed by atoms with E-state index in [2.05, 4.69) is 37.3 Å². The third-order valence-corrected chi connectivity index (χ3v) is 3.84. The van der Waals surface area contributed by atoms with Crippen molar-refractivity contribution in [3.05, 3.63) is 34.0 Å². The minimum atomic E-state index is 0.679. The first-order valence-electron chi connectivity index (χ1n) is 5.06. The van der Waals surface area contributed by atoms with Gasteiger partial charge in [0.05, 0.1) is 10.6 Å². The fraction of sp³-hybridized carbons (Fsp3) is 0.273. The molecule has 0 radical (unpaired) electrons. The normalized spacial score (nSPS) is 10.6. The van der Waals surface area contributed by atoms with E-state index in [9.17, 15) is 0 Å². The molecule has 0 aliphatic rings. The zero-order valence-electron chi connectivity index (χ0n) is 8.69. The second kappa shape index (κ2) is 5.52. The highest BCUT2D eigenvalue weighted by molar-refractivity contribution is 9.10. The van der Waals surface area contributed by atoms with Gasteiger partial charge < -0.3 is 5.73 Å². The molecule has 5 heteroatoms. The van der Waals surface area contributed by atoms with Gasteiger partial charge in [-0.05, 0) is 41.0 Å². The Morgan fingerprint density at radius 1 is 1.44 bits per heavy atom. The van der Waals surface area contributed by atoms with Gasteiger partial charge >= 0.3 is 0 Å². The Hall–Kier alpha value is -0.780. The smallest absolute Gasteiger partial charge is 0.129 e. The van der Waals surface area contributed by atoms with E-state index in [4.69, 9.17) is 5.73 Å². The van der Waals surface area contributed by atoms with Crippen LogP contribution in [0, 0.1) is 0 Å². The zero-order chi connectivity index (χ0) is 11.4. The van der Waals surface area contributed by atoms with Crippen molar-refractivity contribution >= 4 is 27.3 Å². The van der Waals surface area contributed by atoms with E-state index in [1.165, 1.54) is 0 Å². The first-order valence-corrected chi connectivity index (χ1v) is 6.73. The molecular formula is C11H12BrN3S. The van der Waals surface area contributed by atoms with Gasteiger partial charge in [-0.15, -0.1) is 11.3 Å². The van der Waals surface area contributed by atoms with E-state index in [0.29, 0.717) is 6.54 Å². The number of nitrogens with zero attached hydrogens (tertiary/aromatic N) is 2. The monoisotopic (exact) mass is 297 g/mol. The van der Waals surface area contributed by atoms with Crippen molar-refractivity contribution in [3.63, 3.8) is 0 Å². The molecule has 16 heavy (non-hydrogen) atoms. The van der Waals surface area contributed by atoms with E-state index >= 15 is 0 Å². The van der Waals surface area contributed by atoms with Crippen molar-refractivity contribution in [2.45, 2.75) is 12.8 Å². The van der Waals surface area contributed by atoms with Crippen LogP contribution in [-0.4, -0.2) is 16.5 Å². The third-order valence-electron chi connectivity index (χ3n) is 2.13. The predicted molar refractivity (Wildman–Crippen MR) is 70.4 cm³/mol. The van der Waals surface area contributed by atoms with E-state index in [1.54, 1.807) is 11.3 Å². The molecule has 0 amide bonds. The van der Waals surface area contributed by atoms with E-state index in [1.807, 2.05) is 12.3 Å². The van der Waals surface area contributed by atoms with Gasteiger partial charge in [0.2, 0.25) is 0 Å². The number of aryl methyl sites for hydroxylation is 1. The van der Waals surface area contributed by atoms with Gasteiger partial charge in [-0.25, -0.2) is 9.97 Å². The molecule has 2 N–H and O–H groups in total. The van der Waals surface area contributed by atoms with Crippen molar-refractivity contribution in [1.82, 2.24) is 9.97 Å². The van der Waals surface area contributed by atoms with Crippen LogP contribution in [-0.2, 0) is 6.42 Å². The third kappa shape index (κ3) is 2.87. The van der Waals surface area contributed by atoms with Crippen LogP contribution in [0.25, 0.3) is 10.6 Å². The molecule has 0 fully saturated rings. The maximum atomic E-state index is 5.47. The highest BCUT2D eigenvalue weighted by Crippen LogP contribution is 2.28. The molecule has 0 bridgehead atoms. The van der Waals surface area contributed by atoms with Crippen LogP contribution in [0.3, 0.4) is 0 Å². The molecular weight excluding hydrogens is 286 g/mol. The molecule has 2 heterocycles. The van der Waals surface area contributed by atoms with E-state index < -0.39 is 0 Å². The summed E-state index contributed by atoms with van der Waals surface area (Å²) in [7, 11) is 0.